The summed E-state index contributed by atoms with van der Waals surface area (Å²) in [5, 5.41) is 33.4. The highest BCUT2D eigenvalue weighted by molar-refractivity contribution is 5.78. The Kier molecular flexibility index (Phi) is 17.2. The van der Waals surface area contributed by atoms with Gasteiger partial charge in [-0.3, -0.25) is 43.6 Å². The lowest BCUT2D eigenvalue weighted by molar-refractivity contribution is -0.140. The fourth-order valence-corrected chi connectivity index (χ4v) is 4.26. The molecule has 1 aliphatic heterocycles. The minimum absolute atomic E-state index is 0.0153. The maximum absolute atomic E-state index is 13.0. The largest absolute Gasteiger partial charge is 0.480 e. The first-order valence-corrected chi connectivity index (χ1v) is 14.4. The van der Waals surface area contributed by atoms with Crippen molar-refractivity contribution in [1.82, 2.24) is 30.2 Å². The van der Waals surface area contributed by atoms with E-state index in [9.17, 15) is 39.3 Å². The van der Waals surface area contributed by atoms with Gasteiger partial charge >= 0.3 is 17.9 Å². The van der Waals surface area contributed by atoms with Crippen molar-refractivity contribution in [2.75, 3.05) is 105 Å². The van der Waals surface area contributed by atoms with Gasteiger partial charge in [-0.2, -0.15) is 0 Å². The smallest absolute Gasteiger partial charge is 0.317 e. The fourth-order valence-electron chi connectivity index (χ4n) is 4.26. The van der Waals surface area contributed by atoms with Crippen LogP contribution in [0.1, 0.15) is 27.7 Å². The van der Waals surface area contributed by atoms with Crippen molar-refractivity contribution in [1.29, 1.82) is 0 Å². The number of nitrogens with zero attached hydrogens (tertiary/aromatic N) is 4. The van der Waals surface area contributed by atoms with Crippen LogP contribution in [0.3, 0.4) is 0 Å². The van der Waals surface area contributed by atoms with Gasteiger partial charge in [0.05, 0.1) is 50.6 Å². The van der Waals surface area contributed by atoms with Crippen molar-refractivity contribution in [3.63, 3.8) is 0 Å². The Balaban J connectivity index is 2.81. The number of nitrogens with one attached hydrogen (secondary N) is 2. The van der Waals surface area contributed by atoms with Crippen molar-refractivity contribution < 1.29 is 48.8 Å². The van der Waals surface area contributed by atoms with E-state index < -0.39 is 29.1 Å². The summed E-state index contributed by atoms with van der Waals surface area (Å²) in [6.45, 7) is 10.5. The number of carbonyl (C=O) groups excluding carboxylic acids is 2. The Morgan fingerprint density at radius 1 is 0.674 bits per heavy atom. The van der Waals surface area contributed by atoms with Gasteiger partial charge in [-0.25, -0.2) is 0 Å². The van der Waals surface area contributed by atoms with Crippen LogP contribution < -0.4 is 10.6 Å². The molecule has 1 aliphatic rings. The molecule has 0 aromatic rings. The average molecular weight is 619 g/mol. The van der Waals surface area contributed by atoms with Gasteiger partial charge < -0.3 is 35.4 Å². The van der Waals surface area contributed by atoms with Crippen LogP contribution in [0.15, 0.2) is 0 Å². The number of ether oxygens (including phenoxy) is 2. The standard InChI is InChI=1S/C27H50N6O10/c1-26(2,43-20-27(3,4)42-14-5-28-21-34)19-29-22(35)15-30-6-8-31(16-23(36)37)10-12-33(18-25(40)41)13-11-32(9-7-30)17-24(38)39/h21H,5-20H2,1-4H3,(H,28,34)(H,29,35)(H,36,37)(H,38,39)(H,40,41). The number of carboxylic acids is 3. The molecule has 1 heterocycles. The molecular formula is C27H50N6O10. The van der Waals surface area contributed by atoms with Gasteiger partial charge in [0, 0.05) is 65.4 Å². The third kappa shape index (κ3) is 19.1. The molecule has 43 heavy (non-hydrogen) atoms. The van der Waals surface area contributed by atoms with Crippen LogP contribution in [-0.4, -0.2) is 181 Å². The third-order valence-electron chi connectivity index (χ3n) is 6.72. The lowest BCUT2D eigenvalue weighted by atomic mass is 10.1. The van der Waals surface area contributed by atoms with Gasteiger partial charge in [0.1, 0.15) is 0 Å². The molecule has 0 bridgehead atoms. The molecule has 0 saturated carbocycles. The van der Waals surface area contributed by atoms with Crippen molar-refractivity contribution in [3.05, 3.63) is 0 Å². The topological polar surface area (TPSA) is 202 Å². The van der Waals surface area contributed by atoms with Crippen LogP contribution in [-0.2, 0) is 33.4 Å². The second-order valence-electron chi connectivity index (χ2n) is 11.8. The Labute approximate surface area is 253 Å². The number of hydrogen-bond acceptors (Lipinski definition) is 11. The summed E-state index contributed by atoms with van der Waals surface area (Å²) < 4.78 is 11.8. The van der Waals surface area contributed by atoms with E-state index in [2.05, 4.69) is 10.6 Å². The van der Waals surface area contributed by atoms with Crippen molar-refractivity contribution in [2.24, 2.45) is 0 Å². The average Bonchev–Trinajstić information content (AvgIpc) is 2.90. The molecule has 0 aromatic heterocycles. The molecule has 0 aliphatic carbocycles. The zero-order chi connectivity index (χ0) is 32.5. The molecule has 16 heteroatoms. The van der Waals surface area contributed by atoms with Crippen LogP contribution in [0, 0.1) is 0 Å². The molecule has 16 nitrogen and oxygen atoms in total. The maximum Gasteiger partial charge on any atom is 0.317 e. The first-order chi connectivity index (χ1) is 20.1. The molecule has 248 valence electrons. The van der Waals surface area contributed by atoms with Gasteiger partial charge in [0.2, 0.25) is 12.3 Å². The predicted octanol–water partition coefficient (Wildman–Crippen LogP) is -2.09. The molecule has 1 saturated heterocycles. The van der Waals surface area contributed by atoms with Crippen LogP contribution >= 0.6 is 0 Å². The molecule has 5 N–H and O–H groups in total. The molecule has 0 atom stereocenters. The third-order valence-corrected chi connectivity index (χ3v) is 6.72. The SMILES string of the molecule is CC(C)(CNC(=O)CN1CCN(CC(=O)O)CCN(CC(=O)O)CCN(CC(=O)O)CC1)OCC(C)(C)OCCNC=O. The van der Waals surface area contributed by atoms with Gasteiger partial charge in [0.15, 0.2) is 0 Å². The number of carbonyl (C=O) groups is 5. The quantitative estimate of drug-likeness (QED) is 0.0827. The van der Waals surface area contributed by atoms with E-state index in [1.165, 1.54) is 0 Å². The summed E-state index contributed by atoms with van der Waals surface area (Å²) in [6.07, 6.45) is 0.604. The summed E-state index contributed by atoms with van der Waals surface area (Å²) in [5.41, 5.74) is -1.32. The van der Waals surface area contributed by atoms with E-state index in [0.717, 1.165) is 0 Å². The molecule has 0 unspecified atom stereocenters. The number of rotatable bonds is 18. The maximum atomic E-state index is 13.0. The number of aliphatic carboxylic acids is 3. The van der Waals surface area contributed by atoms with E-state index in [1.54, 1.807) is 14.7 Å². The van der Waals surface area contributed by atoms with Crippen LogP contribution in [0.25, 0.3) is 0 Å². The van der Waals surface area contributed by atoms with Crippen LogP contribution in [0.2, 0.25) is 0 Å². The highest BCUT2D eigenvalue weighted by Gasteiger charge is 2.27. The van der Waals surface area contributed by atoms with E-state index in [1.807, 2.05) is 32.6 Å². The summed E-state index contributed by atoms with van der Waals surface area (Å²) in [7, 11) is 0. The first-order valence-electron chi connectivity index (χ1n) is 14.4. The van der Waals surface area contributed by atoms with E-state index in [4.69, 9.17) is 9.47 Å². The number of hydrogen-bond donors (Lipinski definition) is 5. The zero-order valence-electron chi connectivity index (χ0n) is 25.9. The predicted molar refractivity (Wildman–Crippen MR) is 156 cm³/mol. The summed E-state index contributed by atoms with van der Waals surface area (Å²) >= 11 is 0. The van der Waals surface area contributed by atoms with Crippen molar-refractivity contribution in [2.45, 2.75) is 38.9 Å². The van der Waals surface area contributed by atoms with Crippen molar-refractivity contribution in [3.8, 4) is 0 Å². The number of amides is 2. The highest BCUT2D eigenvalue weighted by atomic mass is 16.6. The zero-order valence-corrected chi connectivity index (χ0v) is 25.9. The molecule has 0 spiro atoms. The highest BCUT2D eigenvalue weighted by Crippen LogP contribution is 2.15. The molecule has 0 aromatic carbocycles. The Morgan fingerprint density at radius 2 is 1.07 bits per heavy atom. The molecule has 2 amide bonds. The van der Waals surface area contributed by atoms with E-state index >= 15 is 0 Å². The Bertz CT molecular complexity index is 871. The molecular weight excluding hydrogens is 568 g/mol. The molecule has 1 rings (SSSR count). The lowest BCUT2D eigenvalue weighted by Gasteiger charge is -2.33. The second-order valence-corrected chi connectivity index (χ2v) is 11.8. The minimum atomic E-state index is -1.02. The molecule has 0 radical (unpaired) electrons. The minimum Gasteiger partial charge on any atom is -0.480 e. The van der Waals surface area contributed by atoms with Crippen LogP contribution in [0.5, 0.6) is 0 Å². The summed E-state index contributed by atoms with van der Waals surface area (Å²) in [6, 6.07) is 0. The normalized spacial score (nSPS) is 17.4. The summed E-state index contributed by atoms with van der Waals surface area (Å²) in [5.74, 6) is -3.31. The molecule has 1 fully saturated rings. The van der Waals surface area contributed by atoms with Gasteiger partial charge in [-0.15, -0.1) is 0 Å². The lowest BCUT2D eigenvalue weighted by Crippen LogP contribution is -2.50. The van der Waals surface area contributed by atoms with Crippen molar-refractivity contribution >= 4 is 30.2 Å². The monoisotopic (exact) mass is 618 g/mol. The van der Waals surface area contributed by atoms with Gasteiger partial charge in [-0.05, 0) is 27.7 Å². The van der Waals surface area contributed by atoms with Crippen LogP contribution in [0.4, 0.5) is 0 Å². The first kappa shape index (κ1) is 38.1. The van der Waals surface area contributed by atoms with E-state index in [-0.39, 0.29) is 45.2 Å². The Hall–Kier alpha value is -2.89. The Morgan fingerprint density at radius 3 is 1.44 bits per heavy atom. The number of carboxylic acid groups (broad SMARTS) is 3. The van der Waals surface area contributed by atoms with E-state index in [0.29, 0.717) is 71.9 Å². The van der Waals surface area contributed by atoms with Gasteiger partial charge in [0.25, 0.3) is 0 Å². The fraction of sp³-hybridized carbons (Fsp3) is 0.815. The van der Waals surface area contributed by atoms with Gasteiger partial charge in [-0.1, -0.05) is 0 Å². The summed E-state index contributed by atoms with van der Waals surface area (Å²) in [4.78, 5) is 64.5. The second kappa shape index (κ2) is 19.4.